The molecule has 9 heteroatoms. The first kappa shape index (κ1) is 28.9. The Labute approximate surface area is 247 Å². The van der Waals surface area contributed by atoms with Gasteiger partial charge in [0.15, 0.2) is 4.80 Å². The van der Waals surface area contributed by atoms with Crippen LogP contribution in [-0.4, -0.2) is 30.9 Å². The quantitative estimate of drug-likeness (QED) is 0.249. The van der Waals surface area contributed by atoms with E-state index in [4.69, 9.17) is 18.9 Å². The van der Waals surface area contributed by atoms with Gasteiger partial charge >= 0.3 is 5.97 Å². The molecule has 0 radical (unpaired) electrons. The number of thiazole rings is 1. The van der Waals surface area contributed by atoms with E-state index in [1.165, 1.54) is 11.3 Å². The molecule has 1 aromatic heterocycles. The van der Waals surface area contributed by atoms with Crippen molar-refractivity contribution in [2.24, 2.45) is 4.99 Å². The summed E-state index contributed by atoms with van der Waals surface area (Å²) in [7, 11) is 1.64. The zero-order valence-corrected chi connectivity index (χ0v) is 24.8. The van der Waals surface area contributed by atoms with Crippen molar-refractivity contribution < 1.29 is 23.7 Å². The Hall–Kier alpha value is -4.63. The maximum atomic E-state index is 13.9. The van der Waals surface area contributed by atoms with Crippen LogP contribution in [0.15, 0.2) is 93.9 Å². The standard InChI is InChI=1S/C33H32N2O6S/c1-5-39-27-10-8-7-9-26(27)30-29(32(37)40-6-2)21(3)34-33-35(30)31(36)28(42-33)19-22-11-17-25(18-12-22)41-20-23-13-15-24(38-4)16-14-23/h7-19,30H,5-6,20H2,1-4H3/b28-19-/t30-/m0/s1. The molecule has 0 fully saturated rings. The third-order valence-electron chi connectivity index (χ3n) is 6.77. The lowest BCUT2D eigenvalue weighted by atomic mass is 9.95. The number of aromatic nitrogens is 1. The smallest absolute Gasteiger partial charge is 0.338 e. The van der Waals surface area contributed by atoms with Gasteiger partial charge in [0.25, 0.3) is 5.56 Å². The lowest BCUT2D eigenvalue weighted by molar-refractivity contribution is -0.139. The molecule has 5 rings (SSSR count). The Morgan fingerprint density at radius 2 is 1.67 bits per heavy atom. The minimum absolute atomic E-state index is 0.208. The predicted octanol–water partition coefficient (Wildman–Crippen LogP) is 4.78. The van der Waals surface area contributed by atoms with Crippen molar-refractivity contribution in [3.05, 3.63) is 120 Å². The molecular weight excluding hydrogens is 552 g/mol. The van der Waals surface area contributed by atoms with Crippen molar-refractivity contribution in [1.82, 2.24) is 4.57 Å². The van der Waals surface area contributed by atoms with Gasteiger partial charge in [-0.3, -0.25) is 9.36 Å². The Morgan fingerprint density at radius 3 is 2.36 bits per heavy atom. The molecule has 0 spiro atoms. The van der Waals surface area contributed by atoms with Crippen molar-refractivity contribution in [3.63, 3.8) is 0 Å². The fourth-order valence-electron chi connectivity index (χ4n) is 4.78. The second kappa shape index (κ2) is 12.9. The number of allylic oxidation sites excluding steroid dienone is 1. The van der Waals surface area contributed by atoms with Gasteiger partial charge in [0.05, 0.1) is 36.1 Å². The Bertz CT molecular complexity index is 1790. The van der Waals surface area contributed by atoms with E-state index < -0.39 is 12.0 Å². The number of para-hydroxylation sites is 1. The number of rotatable bonds is 10. The molecule has 0 N–H and O–H groups in total. The highest BCUT2D eigenvalue weighted by molar-refractivity contribution is 7.07. The van der Waals surface area contributed by atoms with Crippen LogP contribution < -0.4 is 29.1 Å². The third-order valence-corrected chi connectivity index (χ3v) is 7.76. The zero-order chi connectivity index (χ0) is 29.6. The molecule has 0 unspecified atom stereocenters. The first-order valence-electron chi connectivity index (χ1n) is 13.7. The number of hydrogen-bond acceptors (Lipinski definition) is 8. The van der Waals surface area contributed by atoms with Crippen LogP contribution in [0.2, 0.25) is 0 Å². The van der Waals surface area contributed by atoms with Crippen LogP contribution in [0.25, 0.3) is 6.08 Å². The van der Waals surface area contributed by atoms with Gasteiger partial charge in [-0.1, -0.05) is 53.8 Å². The van der Waals surface area contributed by atoms with E-state index in [1.807, 2.05) is 85.8 Å². The molecule has 0 aliphatic carbocycles. The molecule has 0 amide bonds. The molecule has 4 aromatic rings. The molecule has 2 heterocycles. The van der Waals surface area contributed by atoms with Crippen LogP contribution in [0.1, 0.15) is 43.5 Å². The Kier molecular flexibility index (Phi) is 8.88. The highest BCUT2D eigenvalue weighted by Gasteiger charge is 2.35. The number of carbonyl (C=O) groups excluding carboxylic acids is 1. The van der Waals surface area contributed by atoms with E-state index in [-0.39, 0.29) is 12.2 Å². The predicted molar refractivity (Wildman–Crippen MR) is 162 cm³/mol. The number of hydrogen-bond donors (Lipinski definition) is 0. The summed E-state index contributed by atoms with van der Waals surface area (Å²) in [6.45, 7) is 6.49. The highest BCUT2D eigenvalue weighted by Crippen LogP contribution is 2.35. The molecular formula is C33H32N2O6S. The van der Waals surface area contributed by atoms with Crippen LogP contribution in [0.5, 0.6) is 17.2 Å². The molecule has 0 bridgehead atoms. The summed E-state index contributed by atoms with van der Waals surface area (Å²) < 4.78 is 24.5. The average Bonchev–Trinajstić information content (AvgIpc) is 3.30. The topological polar surface area (TPSA) is 88.4 Å². The molecule has 1 aliphatic rings. The fraction of sp³-hybridized carbons (Fsp3) is 0.242. The van der Waals surface area contributed by atoms with Gasteiger partial charge < -0.3 is 18.9 Å². The number of ether oxygens (including phenoxy) is 4. The van der Waals surface area contributed by atoms with E-state index in [9.17, 15) is 9.59 Å². The Balaban J connectivity index is 1.49. The number of carbonyl (C=O) groups is 1. The summed E-state index contributed by atoms with van der Waals surface area (Å²) in [6, 6.07) is 22.0. The second-order valence-electron chi connectivity index (χ2n) is 9.48. The van der Waals surface area contributed by atoms with Crippen molar-refractivity contribution in [2.45, 2.75) is 33.4 Å². The van der Waals surface area contributed by atoms with Crippen molar-refractivity contribution in [1.29, 1.82) is 0 Å². The van der Waals surface area contributed by atoms with Crippen LogP contribution in [-0.2, 0) is 16.1 Å². The molecule has 1 aliphatic heterocycles. The molecule has 1 atom stereocenters. The maximum absolute atomic E-state index is 13.9. The minimum atomic E-state index is -0.737. The summed E-state index contributed by atoms with van der Waals surface area (Å²) in [5.41, 5.74) is 3.15. The number of methoxy groups -OCH3 is 1. The van der Waals surface area contributed by atoms with Crippen molar-refractivity contribution >= 4 is 23.4 Å². The van der Waals surface area contributed by atoms with E-state index >= 15 is 0 Å². The number of esters is 1. The monoisotopic (exact) mass is 584 g/mol. The van der Waals surface area contributed by atoms with E-state index in [0.717, 1.165) is 16.9 Å². The summed E-state index contributed by atoms with van der Waals surface area (Å²) >= 11 is 1.28. The summed E-state index contributed by atoms with van der Waals surface area (Å²) in [6.07, 6.45) is 1.83. The van der Waals surface area contributed by atoms with Crippen LogP contribution in [0.4, 0.5) is 0 Å². The van der Waals surface area contributed by atoms with Gasteiger partial charge in [0, 0.05) is 5.56 Å². The molecule has 0 saturated heterocycles. The lowest BCUT2D eigenvalue weighted by Gasteiger charge is -2.26. The molecule has 8 nitrogen and oxygen atoms in total. The minimum Gasteiger partial charge on any atom is -0.497 e. The molecule has 42 heavy (non-hydrogen) atoms. The largest absolute Gasteiger partial charge is 0.497 e. The van der Waals surface area contributed by atoms with Gasteiger partial charge in [0.1, 0.15) is 29.9 Å². The van der Waals surface area contributed by atoms with Gasteiger partial charge in [0.2, 0.25) is 0 Å². The zero-order valence-electron chi connectivity index (χ0n) is 24.0. The van der Waals surface area contributed by atoms with Crippen LogP contribution in [0.3, 0.4) is 0 Å². The second-order valence-corrected chi connectivity index (χ2v) is 10.5. The van der Waals surface area contributed by atoms with Crippen LogP contribution in [0, 0.1) is 0 Å². The Morgan fingerprint density at radius 1 is 0.952 bits per heavy atom. The first-order valence-corrected chi connectivity index (χ1v) is 14.5. The summed E-state index contributed by atoms with van der Waals surface area (Å²) in [5.74, 6) is 1.60. The van der Waals surface area contributed by atoms with Gasteiger partial charge in [-0.05, 0) is 68.3 Å². The van der Waals surface area contributed by atoms with Gasteiger partial charge in [-0.15, -0.1) is 0 Å². The number of fused-ring (bicyclic) bond motifs is 1. The average molecular weight is 585 g/mol. The summed E-state index contributed by atoms with van der Waals surface area (Å²) in [5, 5.41) is 0. The first-order chi connectivity index (χ1) is 20.4. The number of benzene rings is 3. The third kappa shape index (κ3) is 6.01. The van der Waals surface area contributed by atoms with E-state index in [0.29, 0.717) is 50.9 Å². The fourth-order valence-corrected chi connectivity index (χ4v) is 5.83. The highest BCUT2D eigenvalue weighted by atomic mass is 32.1. The normalized spacial score (nSPS) is 14.7. The van der Waals surface area contributed by atoms with Crippen molar-refractivity contribution in [3.8, 4) is 17.2 Å². The summed E-state index contributed by atoms with van der Waals surface area (Å²) in [4.78, 5) is 32.2. The van der Waals surface area contributed by atoms with Gasteiger partial charge in [-0.2, -0.15) is 0 Å². The van der Waals surface area contributed by atoms with Crippen LogP contribution >= 0.6 is 11.3 Å². The van der Waals surface area contributed by atoms with Gasteiger partial charge in [-0.25, -0.2) is 9.79 Å². The SMILES string of the molecule is CCOC(=O)C1=C(C)N=c2s/c(=C\c3ccc(OCc4ccc(OC)cc4)cc3)c(=O)n2[C@H]1c1ccccc1OCC. The molecule has 3 aromatic carbocycles. The van der Waals surface area contributed by atoms with E-state index in [1.54, 1.807) is 25.5 Å². The lowest BCUT2D eigenvalue weighted by Crippen LogP contribution is -2.40. The van der Waals surface area contributed by atoms with Crippen molar-refractivity contribution in [2.75, 3.05) is 20.3 Å². The number of nitrogens with zero attached hydrogens (tertiary/aromatic N) is 2. The molecule has 0 saturated carbocycles. The van der Waals surface area contributed by atoms with E-state index in [2.05, 4.69) is 4.99 Å². The molecule has 216 valence electrons. The maximum Gasteiger partial charge on any atom is 0.338 e.